The van der Waals surface area contributed by atoms with Crippen molar-refractivity contribution in [3.8, 4) is 11.1 Å². The maximum absolute atomic E-state index is 12.3. The van der Waals surface area contributed by atoms with Crippen LogP contribution in [0.15, 0.2) is 59.2 Å². The van der Waals surface area contributed by atoms with Gasteiger partial charge in [0.05, 0.1) is 18.8 Å². The number of carbonyl (C=O) groups is 1. The third-order valence-electron chi connectivity index (χ3n) is 4.04. The lowest BCUT2D eigenvalue weighted by molar-refractivity contribution is 0.0595. The summed E-state index contributed by atoms with van der Waals surface area (Å²) in [6.45, 7) is 0. The summed E-state index contributed by atoms with van der Waals surface area (Å²) < 4.78 is 5.92. The van der Waals surface area contributed by atoms with Crippen LogP contribution in [0.4, 0.5) is 0 Å². The Balaban J connectivity index is 2.19. The standard InChI is InChI=1S/C19H13BrN2O2/c1-24-19(23)18-16(11-5-3-2-4-6-11)17-13-9-12(20)7-8-14(13)22-15(17)10-21-18/h2-10,22H,1H3. The molecule has 0 bridgehead atoms. The number of aromatic amines is 1. The van der Waals surface area contributed by atoms with Crippen LogP contribution in [0.2, 0.25) is 0 Å². The number of rotatable bonds is 2. The Morgan fingerprint density at radius 1 is 1.12 bits per heavy atom. The number of benzene rings is 2. The van der Waals surface area contributed by atoms with Crippen LogP contribution in [0.5, 0.6) is 0 Å². The van der Waals surface area contributed by atoms with Gasteiger partial charge in [0.1, 0.15) is 0 Å². The molecule has 0 atom stereocenters. The number of aromatic nitrogens is 2. The molecule has 4 nitrogen and oxygen atoms in total. The van der Waals surface area contributed by atoms with Crippen LogP contribution < -0.4 is 0 Å². The molecule has 1 N–H and O–H groups in total. The second-order valence-electron chi connectivity index (χ2n) is 5.44. The first kappa shape index (κ1) is 14.9. The molecule has 0 saturated carbocycles. The molecule has 24 heavy (non-hydrogen) atoms. The normalized spacial score (nSPS) is 11.1. The van der Waals surface area contributed by atoms with Gasteiger partial charge in [0.15, 0.2) is 5.69 Å². The average Bonchev–Trinajstić information content (AvgIpc) is 2.99. The topological polar surface area (TPSA) is 55.0 Å². The number of methoxy groups -OCH3 is 1. The zero-order valence-corrected chi connectivity index (χ0v) is 14.4. The molecule has 0 fully saturated rings. The van der Waals surface area contributed by atoms with E-state index in [0.717, 1.165) is 37.4 Å². The van der Waals surface area contributed by atoms with Crippen LogP contribution in [0.3, 0.4) is 0 Å². The molecular weight excluding hydrogens is 368 g/mol. The van der Waals surface area contributed by atoms with Crippen molar-refractivity contribution in [2.45, 2.75) is 0 Å². The predicted octanol–water partition coefficient (Wildman–Crippen LogP) is 4.93. The van der Waals surface area contributed by atoms with Crippen molar-refractivity contribution in [3.63, 3.8) is 0 Å². The van der Waals surface area contributed by atoms with E-state index < -0.39 is 5.97 Å². The van der Waals surface area contributed by atoms with Crippen molar-refractivity contribution in [2.75, 3.05) is 7.11 Å². The molecule has 0 aliphatic heterocycles. The second kappa shape index (κ2) is 5.76. The minimum atomic E-state index is -0.444. The highest BCUT2D eigenvalue weighted by Crippen LogP contribution is 2.37. The van der Waals surface area contributed by atoms with Gasteiger partial charge in [-0.3, -0.25) is 0 Å². The van der Waals surface area contributed by atoms with Gasteiger partial charge in [0.2, 0.25) is 0 Å². The van der Waals surface area contributed by atoms with Gasteiger partial charge in [0, 0.05) is 26.3 Å². The van der Waals surface area contributed by atoms with Gasteiger partial charge >= 0.3 is 5.97 Å². The Bertz CT molecular complexity index is 1070. The minimum absolute atomic E-state index is 0.317. The van der Waals surface area contributed by atoms with Crippen molar-refractivity contribution in [1.82, 2.24) is 9.97 Å². The molecule has 4 rings (SSSR count). The van der Waals surface area contributed by atoms with Gasteiger partial charge in [-0.05, 0) is 23.8 Å². The van der Waals surface area contributed by atoms with E-state index in [9.17, 15) is 4.79 Å². The number of ether oxygens (including phenoxy) is 1. The fourth-order valence-corrected chi connectivity index (χ4v) is 3.36. The Hall–Kier alpha value is -2.66. The maximum atomic E-state index is 12.3. The zero-order chi connectivity index (χ0) is 16.7. The van der Waals surface area contributed by atoms with Gasteiger partial charge < -0.3 is 9.72 Å². The highest BCUT2D eigenvalue weighted by molar-refractivity contribution is 9.10. The predicted molar refractivity (Wildman–Crippen MR) is 98.1 cm³/mol. The Morgan fingerprint density at radius 2 is 1.92 bits per heavy atom. The summed E-state index contributed by atoms with van der Waals surface area (Å²) in [6.07, 6.45) is 1.68. The van der Waals surface area contributed by atoms with Crippen molar-refractivity contribution in [1.29, 1.82) is 0 Å². The highest BCUT2D eigenvalue weighted by Gasteiger charge is 2.21. The molecule has 0 aliphatic carbocycles. The number of carbonyl (C=O) groups excluding carboxylic acids is 1. The molecule has 0 unspecified atom stereocenters. The summed E-state index contributed by atoms with van der Waals surface area (Å²) in [5.41, 5.74) is 3.90. The molecule has 0 radical (unpaired) electrons. The number of nitrogens with one attached hydrogen (secondary N) is 1. The summed E-state index contributed by atoms with van der Waals surface area (Å²) >= 11 is 3.52. The van der Waals surface area contributed by atoms with E-state index in [-0.39, 0.29) is 0 Å². The van der Waals surface area contributed by atoms with Gasteiger partial charge in [0.25, 0.3) is 0 Å². The quantitative estimate of drug-likeness (QED) is 0.501. The summed E-state index contributed by atoms with van der Waals surface area (Å²) in [4.78, 5) is 20.0. The molecule has 118 valence electrons. The lowest BCUT2D eigenvalue weighted by atomic mass is 9.98. The molecule has 2 heterocycles. The second-order valence-corrected chi connectivity index (χ2v) is 6.36. The number of hydrogen-bond acceptors (Lipinski definition) is 3. The van der Waals surface area contributed by atoms with E-state index in [2.05, 4.69) is 25.9 Å². The number of esters is 1. The number of pyridine rings is 1. The first-order chi connectivity index (χ1) is 11.7. The van der Waals surface area contributed by atoms with Crippen LogP contribution >= 0.6 is 15.9 Å². The zero-order valence-electron chi connectivity index (χ0n) is 12.8. The molecule has 0 aliphatic rings. The third kappa shape index (κ3) is 2.29. The summed E-state index contributed by atoms with van der Waals surface area (Å²) in [6, 6.07) is 15.8. The minimum Gasteiger partial charge on any atom is -0.464 e. The summed E-state index contributed by atoms with van der Waals surface area (Å²) in [7, 11) is 1.37. The molecule has 2 aromatic heterocycles. The van der Waals surface area contributed by atoms with E-state index in [1.165, 1.54) is 7.11 Å². The molecular formula is C19H13BrN2O2. The fraction of sp³-hybridized carbons (Fsp3) is 0.0526. The Morgan fingerprint density at radius 3 is 2.67 bits per heavy atom. The molecule has 0 spiro atoms. The van der Waals surface area contributed by atoms with Gasteiger partial charge in [-0.2, -0.15) is 0 Å². The van der Waals surface area contributed by atoms with Crippen LogP contribution in [0.1, 0.15) is 10.5 Å². The monoisotopic (exact) mass is 380 g/mol. The van der Waals surface area contributed by atoms with Crippen molar-refractivity contribution in [3.05, 3.63) is 64.9 Å². The van der Waals surface area contributed by atoms with E-state index in [0.29, 0.717) is 5.69 Å². The number of hydrogen-bond donors (Lipinski definition) is 1. The van der Waals surface area contributed by atoms with Crippen LogP contribution in [0.25, 0.3) is 32.9 Å². The van der Waals surface area contributed by atoms with Crippen LogP contribution in [-0.4, -0.2) is 23.0 Å². The average molecular weight is 381 g/mol. The maximum Gasteiger partial charge on any atom is 0.357 e. The summed E-state index contributed by atoms with van der Waals surface area (Å²) in [5.74, 6) is -0.444. The van der Waals surface area contributed by atoms with E-state index in [1.807, 2.05) is 48.5 Å². The van der Waals surface area contributed by atoms with Gasteiger partial charge in [-0.25, -0.2) is 9.78 Å². The SMILES string of the molecule is COC(=O)c1ncc2[nH]c3ccc(Br)cc3c2c1-c1ccccc1. The van der Waals surface area contributed by atoms with Crippen molar-refractivity contribution >= 4 is 43.7 Å². The molecule has 4 aromatic rings. The van der Waals surface area contributed by atoms with Crippen molar-refractivity contribution in [2.24, 2.45) is 0 Å². The Kier molecular flexibility index (Phi) is 3.58. The number of halogens is 1. The van der Waals surface area contributed by atoms with Crippen molar-refractivity contribution < 1.29 is 9.53 Å². The van der Waals surface area contributed by atoms with Crippen LogP contribution in [0, 0.1) is 0 Å². The molecule has 5 heteroatoms. The smallest absolute Gasteiger partial charge is 0.357 e. The fourth-order valence-electron chi connectivity index (χ4n) is 3.00. The van der Waals surface area contributed by atoms with E-state index in [4.69, 9.17) is 4.74 Å². The molecule has 0 amide bonds. The molecule has 2 aromatic carbocycles. The third-order valence-corrected chi connectivity index (χ3v) is 4.53. The number of nitrogens with zero attached hydrogens (tertiary/aromatic N) is 1. The van der Waals surface area contributed by atoms with Gasteiger partial charge in [-0.1, -0.05) is 46.3 Å². The van der Waals surface area contributed by atoms with E-state index in [1.54, 1.807) is 6.20 Å². The first-order valence-electron chi connectivity index (χ1n) is 7.42. The Labute approximate surface area is 146 Å². The van der Waals surface area contributed by atoms with Crippen LogP contribution in [-0.2, 0) is 4.74 Å². The number of H-pyrrole nitrogens is 1. The number of fused-ring (bicyclic) bond motifs is 3. The molecule has 0 saturated heterocycles. The first-order valence-corrected chi connectivity index (χ1v) is 8.22. The largest absolute Gasteiger partial charge is 0.464 e. The van der Waals surface area contributed by atoms with Gasteiger partial charge in [-0.15, -0.1) is 0 Å². The van der Waals surface area contributed by atoms with E-state index >= 15 is 0 Å². The summed E-state index contributed by atoms with van der Waals surface area (Å²) in [5, 5.41) is 2.00. The lowest BCUT2D eigenvalue weighted by Gasteiger charge is -2.09. The lowest BCUT2D eigenvalue weighted by Crippen LogP contribution is -2.06. The highest BCUT2D eigenvalue weighted by atomic mass is 79.9.